The highest BCUT2D eigenvalue weighted by Crippen LogP contribution is 2.02. The number of halogens is 1. The maximum Gasteiger partial charge on any atom is 0.320 e. The monoisotopic (exact) mass is 223 g/mol. The Labute approximate surface area is 87.5 Å². The molecule has 0 radical (unpaired) electrons. The van der Waals surface area contributed by atoms with Crippen molar-refractivity contribution in [3.63, 3.8) is 0 Å². The maximum atomic E-state index is 10.3. The van der Waals surface area contributed by atoms with Gasteiger partial charge in [-0.15, -0.1) is 12.4 Å². The fourth-order valence-electron chi connectivity index (χ4n) is 0.794. The van der Waals surface area contributed by atoms with Crippen LogP contribution >= 0.6 is 12.4 Å². The molecule has 5 N–H and O–H groups in total. The summed E-state index contributed by atoms with van der Waals surface area (Å²) in [6.45, 7) is 0. The first-order chi connectivity index (χ1) is 6.07. The number of carboxylic acid groups (broad SMARTS) is 1. The zero-order valence-electron chi connectivity index (χ0n) is 7.54. The number of rotatable bonds is 6. The molecule has 2 atom stereocenters. The van der Waals surface area contributed by atoms with Gasteiger partial charge in [0.1, 0.15) is 6.04 Å². The summed E-state index contributed by atoms with van der Waals surface area (Å²) in [4.78, 5) is 12.8. The van der Waals surface area contributed by atoms with E-state index in [0.717, 1.165) is 0 Å². The van der Waals surface area contributed by atoms with Gasteiger partial charge in [-0.1, -0.05) is 5.11 Å². The molecule has 0 rings (SSSR count). The molecule has 8 heteroatoms. The molecule has 1 unspecified atom stereocenters. The zero-order valence-corrected chi connectivity index (χ0v) is 8.35. The van der Waals surface area contributed by atoms with Gasteiger partial charge in [0.05, 0.1) is 6.17 Å². The Morgan fingerprint density at radius 2 is 2.07 bits per heavy atom. The molecule has 0 aromatic rings. The van der Waals surface area contributed by atoms with Crippen LogP contribution in [0.5, 0.6) is 0 Å². The molecule has 0 aliphatic rings. The van der Waals surface area contributed by atoms with Crippen LogP contribution in [0.15, 0.2) is 5.11 Å². The minimum absolute atomic E-state index is 0. The van der Waals surface area contributed by atoms with Gasteiger partial charge in [-0.05, 0) is 24.8 Å². The van der Waals surface area contributed by atoms with Gasteiger partial charge in [0.2, 0.25) is 0 Å². The van der Waals surface area contributed by atoms with E-state index in [1.807, 2.05) is 0 Å². The highest BCUT2D eigenvalue weighted by molar-refractivity contribution is 5.85. The first kappa shape index (κ1) is 15.5. The molecular weight excluding hydrogens is 210 g/mol. The molecule has 0 aliphatic carbocycles. The van der Waals surface area contributed by atoms with Crippen LogP contribution < -0.4 is 11.5 Å². The van der Waals surface area contributed by atoms with Gasteiger partial charge in [0, 0.05) is 4.91 Å². The van der Waals surface area contributed by atoms with Crippen molar-refractivity contribution in [2.45, 2.75) is 31.5 Å². The summed E-state index contributed by atoms with van der Waals surface area (Å²) in [5.74, 6) is -1.03. The van der Waals surface area contributed by atoms with E-state index < -0.39 is 18.2 Å². The van der Waals surface area contributed by atoms with Gasteiger partial charge in [0.15, 0.2) is 0 Å². The van der Waals surface area contributed by atoms with E-state index in [0.29, 0.717) is 19.3 Å². The molecule has 0 saturated carbocycles. The normalized spacial score (nSPS) is 13.3. The van der Waals surface area contributed by atoms with Crippen molar-refractivity contribution < 1.29 is 9.90 Å². The standard InChI is InChI=1S/C6H13N5O2.ClH/c7-4(6(12)13)2-1-3-5(8)10-11-9;/h4-5H,1-3,7-8H2,(H,12,13);1H/t4-,5?;/m1./s1. The number of carboxylic acids is 1. The Balaban J connectivity index is 0. The first-order valence-electron chi connectivity index (χ1n) is 3.86. The Kier molecular flexibility index (Phi) is 9.48. The van der Waals surface area contributed by atoms with Crippen molar-refractivity contribution in [3.05, 3.63) is 10.4 Å². The second kappa shape index (κ2) is 8.58. The average Bonchev–Trinajstić information content (AvgIpc) is 2.04. The summed E-state index contributed by atoms with van der Waals surface area (Å²) in [6, 6.07) is -0.863. The molecule has 7 nitrogen and oxygen atoms in total. The maximum absolute atomic E-state index is 10.3. The average molecular weight is 224 g/mol. The quantitative estimate of drug-likeness (QED) is 0.344. The fraction of sp³-hybridized carbons (Fsp3) is 0.833. The Morgan fingerprint density at radius 3 is 2.50 bits per heavy atom. The lowest BCUT2D eigenvalue weighted by Gasteiger charge is -2.07. The van der Waals surface area contributed by atoms with Crippen LogP contribution in [0.2, 0.25) is 0 Å². The van der Waals surface area contributed by atoms with Crippen molar-refractivity contribution in [3.8, 4) is 0 Å². The Morgan fingerprint density at radius 1 is 1.50 bits per heavy atom. The largest absolute Gasteiger partial charge is 0.480 e. The van der Waals surface area contributed by atoms with E-state index in [2.05, 4.69) is 10.0 Å². The van der Waals surface area contributed by atoms with Crippen LogP contribution in [-0.4, -0.2) is 23.3 Å². The second-order valence-corrected chi connectivity index (χ2v) is 2.65. The van der Waals surface area contributed by atoms with Gasteiger partial charge in [-0.3, -0.25) is 4.79 Å². The minimum Gasteiger partial charge on any atom is -0.480 e. The number of carbonyl (C=O) groups is 1. The van der Waals surface area contributed by atoms with E-state index in [-0.39, 0.29) is 12.4 Å². The smallest absolute Gasteiger partial charge is 0.320 e. The highest BCUT2D eigenvalue weighted by atomic mass is 35.5. The summed E-state index contributed by atoms with van der Waals surface area (Å²) in [7, 11) is 0. The summed E-state index contributed by atoms with van der Waals surface area (Å²) >= 11 is 0. The van der Waals surface area contributed by atoms with Crippen LogP contribution in [0.25, 0.3) is 10.4 Å². The van der Waals surface area contributed by atoms with Crippen molar-refractivity contribution >= 4 is 18.4 Å². The second-order valence-electron chi connectivity index (χ2n) is 2.65. The summed E-state index contributed by atoms with van der Waals surface area (Å²) in [5, 5.41) is 11.6. The Bertz CT molecular complexity index is 210. The van der Waals surface area contributed by atoms with Crippen LogP contribution in [-0.2, 0) is 4.79 Å². The van der Waals surface area contributed by atoms with E-state index in [1.54, 1.807) is 0 Å². The molecule has 0 saturated heterocycles. The molecule has 0 aromatic heterocycles. The predicted molar refractivity (Wildman–Crippen MR) is 53.8 cm³/mol. The number of azide groups is 1. The number of hydrogen-bond acceptors (Lipinski definition) is 4. The number of aliphatic carboxylic acids is 1. The first-order valence-corrected chi connectivity index (χ1v) is 3.86. The van der Waals surface area contributed by atoms with Crippen LogP contribution in [0.1, 0.15) is 19.3 Å². The molecule has 0 heterocycles. The summed E-state index contributed by atoms with van der Waals surface area (Å²) in [5.41, 5.74) is 18.6. The third kappa shape index (κ3) is 7.63. The Hall–Kier alpha value is -1.01. The van der Waals surface area contributed by atoms with Crippen molar-refractivity contribution in [2.75, 3.05) is 0 Å². The van der Waals surface area contributed by atoms with E-state index >= 15 is 0 Å². The predicted octanol–water partition coefficient (Wildman–Crippen LogP) is 0.585. The third-order valence-corrected chi connectivity index (χ3v) is 1.53. The van der Waals surface area contributed by atoms with E-state index in [4.69, 9.17) is 22.1 Å². The van der Waals surface area contributed by atoms with E-state index in [9.17, 15) is 4.79 Å². The van der Waals surface area contributed by atoms with Crippen LogP contribution in [0.3, 0.4) is 0 Å². The summed E-state index contributed by atoms with van der Waals surface area (Å²) < 4.78 is 0. The molecular formula is C6H14ClN5O2. The van der Waals surface area contributed by atoms with Crippen molar-refractivity contribution in [1.29, 1.82) is 0 Å². The lowest BCUT2D eigenvalue weighted by atomic mass is 10.1. The molecule has 82 valence electrons. The number of hydrogen-bond donors (Lipinski definition) is 3. The van der Waals surface area contributed by atoms with Gasteiger partial charge in [0.25, 0.3) is 0 Å². The molecule has 0 spiro atoms. The molecule has 0 aromatic carbocycles. The van der Waals surface area contributed by atoms with Crippen LogP contribution in [0.4, 0.5) is 0 Å². The van der Waals surface area contributed by atoms with Crippen molar-refractivity contribution in [2.24, 2.45) is 16.6 Å². The van der Waals surface area contributed by atoms with Gasteiger partial charge in [-0.2, -0.15) is 0 Å². The van der Waals surface area contributed by atoms with Gasteiger partial charge in [-0.25, -0.2) is 0 Å². The fourth-order valence-corrected chi connectivity index (χ4v) is 0.794. The molecule has 0 fully saturated rings. The topological polar surface area (TPSA) is 138 Å². The summed E-state index contributed by atoms with van der Waals surface area (Å²) in [6.07, 6.45) is 0.730. The van der Waals surface area contributed by atoms with Crippen LogP contribution in [0, 0.1) is 0 Å². The van der Waals surface area contributed by atoms with E-state index in [1.165, 1.54) is 0 Å². The minimum atomic E-state index is -1.03. The van der Waals surface area contributed by atoms with Gasteiger partial charge >= 0.3 is 5.97 Å². The molecule has 14 heavy (non-hydrogen) atoms. The number of nitrogens with two attached hydrogens (primary N) is 2. The molecule has 0 amide bonds. The zero-order chi connectivity index (χ0) is 10.3. The number of nitrogens with zero attached hydrogens (tertiary/aromatic N) is 3. The highest BCUT2D eigenvalue weighted by Gasteiger charge is 2.10. The third-order valence-electron chi connectivity index (χ3n) is 1.53. The molecule has 0 bridgehead atoms. The lowest BCUT2D eigenvalue weighted by Crippen LogP contribution is -2.30. The van der Waals surface area contributed by atoms with Crippen molar-refractivity contribution in [1.82, 2.24) is 0 Å². The lowest BCUT2D eigenvalue weighted by molar-refractivity contribution is -0.138. The SMILES string of the molecule is Cl.[N-]=[N+]=NC(N)CCC[C@@H](N)C(=O)O. The molecule has 0 aliphatic heterocycles. The van der Waals surface area contributed by atoms with Gasteiger partial charge < -0.3 is 16.6 Å².